The lowest BCUT2D eigenvalue weighted by Gasteiger charge is -2.35. The summed E-state index contributed by atoms with van der Waals surface area (Å²) in [5.74, 6) is -0.00419. The third-order valence-corrected chi connectivity index (χ3v) is 5.92. The van der Waals surface area contributed by atoms with E-state index in [2.05, 4.69) is 10.2 Å². The number of nitro benzene ring substituents is 1. The summed E-state index contributed by atoms with van der Waals surface area (Å²) in [7, 11) is 0. The van der Waals surface area contributed by atoms with Gasteiger partial charge in [-0.05, 0) is 35.8 Å². The molecule has 0 radical (unpaired) electrons. The number of anilines is 2. The number of nitrogens with zero attached hydrogens (tertiary/aromatic N) is 3. The van der Waals surface area contributed by atoms with E-state index in [4.69, 9.17) is 0 Å². The fourth-order valence-corrected chi connectivity index (χ4v) is 4.03. The molecule has 0 aliphatic carbocycles. The van der Waals surface area contributed by atoms with Gasteiger partial charge < -0.3 is 15.1 Å². The van der Waals surface area contributed by atoms with Crippen LogP contribution in [0.4, 0.5) is 17.1 Å². The third-order valence-electron chi connectivity index (χ3n) is 5.92. The van der Waals surface area contributed by atoms with E-state index in [-0.39, 0.29) is 16.5 Å². The van der Waals surface area contributed by atoms with Gasteiger partial charge in [-0.1, -0.05) is 60.7 Å². The van der Waals surface area contributed by atoms with Crippen molar-refractivity contribution in [1.29, 1.82) is 0 Å². The van der Waals surface area contributed by atoms with E-state index >= 15 is 0 Å². The van der Waals surface area contributed by atoms with Crippen LogP contribution in [0.3, 0.4) is 0 Å². The first-order chi connectivity index (χ1) is 16.6. The second-order valence-electron chi connectivity index (χ2n) is 8.18. The van der Waals surface area contributed by atoms with Crippen molar-refractivity contribution in [2.45, 2.75) is 6.42 Å². The minimum absolute atomic E-state index is 0.00419. The van der Waals surface area contributed by atoms with E-state index in [1.54, 1.807) is 18.2 Å². The standard InChI is InChI=1S/C27H28N4O3/c32-27(14-11-22-7-3-1-4-8-22)30-19-17-29(18-20-30)24-12-13-26(31(33)34)25(21-24)28-16-15-23-9-5-2-6-10-23/h1-14,21,28H,15-20H2/b14-11+. The van der Waals surface area contributed by atoms with Crippen molar-refractivity contribution < 1.29 is 9.72 Å². The Bertz CT molecular complexity index is 1140. The molecule has 0 bridgehead atoms. The predicted molar refractivity (Wildman–Crippen MR) is 136 cm³/mol. The SMILES string of the molecule is O=C(/C=C/c1ccccc1)N1CCN(c2ccc([N+](=O)[O-])c(NCCc3ccccc3)c2)CC1. The van der Waals surface area contributed by atoms with E-state index in [0.717, 1.165) is 17.7 Å². The zero-order valence-electron chi connectivity index (χ0n) is 19.0. The molecule has 1 amide bonds. The Hall–Kier alpha value is -4.13. The normalized spacial score (nSPS) is 13.8. The molecule has 1 aliphatic rings. The molecule has 1 fully saturated rings. The van der Waals surface area contributed by atoms with Gasteiger partial charge in [0, 0.05) is 50.6 Å². The Kier molecular flexibility index (Phi) is 7.55. The topological polar surface area (TPSA) is 78.7 Å². The molecule has 3 aromatic carbocycles. The summed E-state index contributed by atoms with van der Waals surface area (Å²) < 4.78 is 0. The maximum absolute atomic E-state index is 12.6. The van der Waals surface area contributed by atoms with E-state index in [1.165, 1.54) is 5.56 Å². The number of nitro groups is 1. The number of amides is 1. The first-order valence-electron chi connectivity index (χ1n) is 11.4. The Morgan fingerprint density at radius 3 is 2.29 bits per heavy atom. The molecular formula is C27H28N4O3. The molecule has 0 atom stereocenters. The van der Waals surface area contributed by atoms with Crippen molar-refractivity contribution in [2.75, 3.05) is 42.9 Å². The molecule has 174 valence electrons. The van der Waals surface area contributed by atoms with Gasteiger partial charge in [0.25, 0.3) is 5.69 Å². The largest absolute Gasteiger partial charge is 0.379 e. The maximum Gasteiger partial charge on any atom is 0.292 e. The zero-order valence-corrected chi connectivity index (χ0v) is 19.0. The molecule has 0 spiro atoms. The molecule has 7 heteroatoms. The number of piperazine rings is 1. The molecule has 1 heterocycles. The van der Waals surface area contributed by atoms with Crippen molar-refractivity contribution in [2.24, 2.45) is 0 Å². The predicted octanol–water partition coefficient (Wildman–Crippen LogP) is 4.61. The highest BCUT2D eigenvalue weighted by molar-refractivity contribution is 5.92. The molecular weight excluding hydrogens is 428 g/mol. The second-order valence-corrected chi connectivity index (χ2v) is 8.18. The molecule has 0 aromatic heterocycles. The van der Waals surface area contributed by atoms with Crippen LogP contribution in [0.2, 0.25) is 0 Å². The summed E-state index contributed by atoms with van der Waals surface area (Å²) in [4.78, 5) is 27.7. The second kappa shape index (κ2) is 11.1. The first-order valence-corrected chi connectivity index (χ1v) is 11.4. The smallest absolute Gasteiger partial charge is 0.292 e. The van der Waals surface area contributed by atoms with Crippen molar-refractivity contribution in [3.05, 3.63) is 106 Å². The van der Waals surface area contributed by atoms with Gasteiger partial charge in [-0.25, -0.2) is 0 Å². The lowest BCUT2D eigenvalue weighted by Crippen LogP contribution is -2.48. The average molecular weight is 457 g/mol. The Morgan fingerprint density at radius 2 is 1.62 bits per heavy atom. The van der Waals surface area contributed by atoms with Crippen LogP contribution in [0.5, 0.6) is 0 Å². The molecule has 0 saturated carbocycles. The van der Waals surface area contributed by atoms with Crippen LogP contribution in [-0.4, -0.2) is 48.5 Å². The summed E-state index contributed by atoms with van der Waals surface area (Å²) in [5.41, 5.74) is 3.67. The molecule has 1 saturated heterocycles. The number of carbonyl (C=O) groups excluding carboxylic acids is 1. The minimum atomic E-state index is -0.357. The lowest BCUT2D eigenvalue weighted by atomic mass is 10.1. The van der Waals surface area contributed by atoms with Gasteiger partial charge in [-0.3, -0.25) is 14.9 Å². The molecule has 34 heavy (non-hydrogen) atoms. The number of hydrogen-bond acceptors (Lipinski definition) is 5. The number of benzene rings is 3. The number of rotatable bonds is 8. The van der Waals surface area contributed by atoms with E-state index < -0.39 is 0 Å². The molecule has 3 aromatic rings. The van der Waals surface area contributed by atoms with Crippen LogP contribution in [0.25, 0.3) is 6.08 Å². The van der Waals surface area contributed by atoms with E-state index in [0.29, 0.717) is 38.4 Å². The zero-order chi connectivity index (χ0) is 23.8. The summed E-state index contributed by atoms with van der Waals surface area (Å²) >= 11 is 0. The molecule has 7 nitrogen and oxygen atoms in total. The van der Waals surface area contributed by atoms with Crippen LogP contribution in [0, 0.1) is 10.1 Å². The fraction of sp³-hybridized carbons (Fsp3) is 0.222. The highest BCUT2D eigenvalue weighted by Crippen LogP contribution is 2.30. The van der Waals surface area contributed by atoms with Gasteiger partial charge in [0.2, 0.25) is 5.91 Å². The molecule has 0 unspecified atom stereocenters. The highest BCUT2D eigenvalue weighted by Gasteiger charge is 2.22. The number of nitrogens with one attached hydrogen (secondary N) is 1. The van der Waals surface area contributed by atoms with Gasteiger partial charge in [0.15, 0.2) is 0 Å². The minimum Gasteiger partial charge on any atom is -0.379 e. The average Bonchev–Trinajstić information content (AvgIpc) is 2.88. The molecule has 1 aliphatic heterocycles. The van der Waals surface area contributed by atoms with Crippen LogP contribution >= 0.6 is 0 Å². The van der Waals surface area contributed by atoms with E-state index in [1.807, 2.05) is 77.7 Å². The Balaban J connectivity index is 1.36. The Labute approximate surface area is 199 Å². The van der Waals surface area contributed by atoms with Gasteiger partial charge in [0.05, 0.1) is 4.92 Å². The van der Waals surface area contributed by atoms with Crippen molar-refractivity contribution in [3.8, 4) is 0 Å². The third kappa shape index (κ3) is 6.01. The monoisotopic (exact) mass is 456 g/mol. The molecule has 1 N–H and O–H groups in total. The fourth-order valence-electron chi connectivity index (χ4n) is 4.03. The first kappa shape index (κ1) is 23.0. The van der Waals surface area contributed by atoms with Crippen LogP contribution in [0.15, 0.2) is 84.9 Å². The van der Waals surface area contributed by atoms with Crippen molar-refractivity contribution in [3.63, 3.8) is 0 Å². The van der Waals surface area contributed by atoms with E-state index in [9.17, 15) is 14.9 Å². The maximum atomic E-state index is 12.6. The Morgan fingerprint density at radius 1 is 0.941 bits per heavy atom. The van der Waals surface area contributed by atoms with Crippen LogP contribution < -0.4 is 10.2 Å². The quantitative estimate of drug-likeness (QED) is 0.304. The van der Waals surface area contributed by atoms with Crippen LogP contribution in [-0.2, 0) is 11.2 Å². The summed E-state index contributed by atoms with van der Waals surface area (Å²) in [5, 5.41) is 14.8. The van der Waals surface area contributed by atoms with Crippen molar-refractivity contribution >= 4 is 29.0 Å². The van der Waals surface area contributed by atoms with Gasteiger partial charge >= 0.3 is 0 Å². The highest BCUT2D eigenvalue weighted by atomic mass is 16.6. The lowest BCUT2D eigenvalue weighted by molar-refractivity contribution is -0.383. The molecule has 4 rings (SSSR count). The van der Waals surface area contributed by atoms with Crippen LogP contribution in [0.1, 0.15) is 11.1 Å². The summed E-state index contributed by atoms with van der Waals surface area (Å²) in [6.45, 7) is 3.15. The van der Waals surface area contributed by atoms with Gasteiger partial charge in [-0.15, -0.1) is 0 Å². The summed E-state index contributed by atoms with van der Waals surface area (Å²) in [6, 6.07) is 25.0. The van der Waals surface area contributed by atoms with Gasteiger partial charge in [-0.2, -0.15) is 0 Å². The number of hydrogen-bond donors (Lipinski definition) is 1. The van der Waals surface area contributed by atoms with Gasteiger partial charge in [0.1, 0.15) is 5.69 Å². The van der Waals surface area contributed by atoms with Crippen molar-refractivity contribution in [1.82, 2.24) is 4.90 Å². The summed E-state index contributed by atoms with van der Waals surface area (Å²) in [6.07, 6.45) is 4.23. The number of carbonyl (C=O) groups is 1.